The summed E-state index contributed by atoms with van der Waals surface area (Å²) < 4.78 is 223. The molecular weight excluding hydrogens is 784 g/mol. The normalized spacial score (nSPS) is 36.3. The molecule has 8 aliphatic rings. The Balaban J connectivity index is 0.000000199. The molecule has 8 fully saturated rings. The molecule has 51 heavy (non-hydrogen) atoms. The van der Waals surface area contributed by atoms with Gasteiger partial charge >= 0.3 is 53.8 Å². The number of hydrogen-bond donors (Lipinski definition) is 3. The molecule has 0 aliphatic heterocycles. The summed E-state index contributed by atoms with van der Waals surface area (Å²) in [6, 6.07) is 0. The van der Waals surface area contributed by atoms with Gasteiger partial charge < -0.3 is 4.74 Å². The average Bonchev–Trinajstić information content (AvgIpc) is 2.92. The van der Waals surface area contributed by atoms with Gasteiger partial charge in [-0.1, -0.05) is 0 Å². The second-order valence-electron chi connectivity index (χ2n) is 15.4. The number of hydrogen-bond acceptors (Lipinski definition) is 8. The van der Waals surface area contributed by atoms with Crippen molar-refractivity contribution in [3.8, 4) is 0 Å². The zero-order valence-corrected chi connectivity index (χ0v) is 28.8. The number of rotatable bonds is 10. The molecule has 0 aromatic heterocycles. The van der Waals surface area contributed by atoms with Gasteiger partial charge in [0.2, 0.25) is 0 Å². The number of esters is 1. The van der Waals surface area contributed by atoms with Gasteiger partial charge in [-0.2, -0.15) is 56.3 Å². The Kier molecular flexibility index (Phi) is 9.77. The van der Waals surface area contributed by atoms with Crippen LogP contribution in [0.2, 0.25) is 0 Å². The van der Waals surface area contributed by atoms with Crippen LogP contribution in [0.1, 0.15) is 77.0 Å². The first kappa shape index (κ1) is 40.7. The number of nitrogens with one attached hydrogen (secondary N) is 1. The van der Waals surface area contributed by atoms with Crippen molar-refractivity contribution in [1.82, 2.24) is 4.72 Å². The van der Waals surface area contributed by atoms with Crippen LogP contribution in [0.5, 0.6) is 0 Å². The van der Waals surface area contributed by atoms with E-state index in [1.54, 1.807) is 0 Å². The van der Waals surface area contributed by atoms with Crippen molar-refractivity contribution in [2.24, 2.45) is 40.9 Å². The van der Waals surface area contributed by atoms with E-state index in [9.17, 15) is 74.0 Å². The quantitative estimate of drug-likeness (QED) is 0.146. The number of alkyl halides is 10. The van der Waals surface area contributed by atoms with E-state index in [-0.39, 0.29) is 37.0 Å². The molecule has 0 heterocycles. The largest absolute Gasteiger partial charge is 0.460 e. The molecule has 0 aromatic rings. The van der Waals surface area contributed by atoms with E-state index >= 15 is 0 Å². The third-order valence-electron chi connectivity index (χ3n) is 11.5. The van der Waals surface area contributed by atoms with E-state index in [4.69, 9.17) is 9.11 Å². The Morgan fingerprint density at radius 3 is 1.27 bits per heavy atom. The highest BCUT2D eigenvalue weighted by Gasteiger charge is 2.82. The highest BCUT2D eigenvalue weighted by molar-refractivity contribution is 7.91. The Bertz CT molecular complexity index is 1670. The van der Waals surface area contributed by atoms with Gasteiger partial charge in [0.15, 0.2) is 6.61 Å². The molecule has 1 unspecified atom stereocenters. The zero-order chi connectivity index (χ0) is 38.6. The Morgan fingerprint density at radius 1 is 0.608 bits per heavy atom. The van der Waals surface area contributed by atoms with Gasteiger partial charge in [-0.25, -0.2) is 17.5 Å². The van der Waals surface area contributed by atoms with Crippen molar-refractivity contribution in [3.05, 3.63) is 0 Å². The summed E-state index contributed by atoms with van der Waals surface area (Å²) in [6.07, 6.45) is 1.10. The molecule has 8 rings (SSSR count). The van der Waals surface area contributed by atoms with Crippen molar-refractivity contribution < 1.29 is 87.8 Å². The molecule has 3 N–H and O–H groups in total. The van der Waals surface area contributed by atoms with Crippen molar-refractivity contribution >= 4 is 36.2 Å². The van der Waals surface area contributed by atoms with Crippen LogP contribution in [0.3, 0.4) is 0 Å². The van der Waals surface area contributed by atoms with E-state index in [0.29, 0.717) is 37.0 Å². The predicted octanol–water partition coefficient (Wildman–Crippen LogP) is 5.45. The first-order chi connectivity index (χ1) is 22.8. The summed E-state index contributed by atoms with van der Waals surface area (Å²) in [5.74, 6) is -6.90. The molecular formula is C27H35F10NO10S3. The fraction of sp³-hybridized carbons (Fsp3) is 0.963. The molecule has 11 nitrogen and oxygen atoms in total. The first-order valence-corrected chi connectivity index (χ1v) is 20.2. The van der Waals surface area contributed by atoms with Gasteiger partial charge in [-0.3, -0.25) is 13.9 Å². The fourth-order valence-corrected chi connectivity index (χ4v) is 12.5. The van der Waals surface area contributed by atoms with E-state index < -0.39 is 81.4 Å². The molecule has 8 saturated carbocycles. The predicted molar refractivity (Wildman–Crippen MR) is 152 cm³/mol. The number of carbonyl (C=O) groups excluding carboxylic acids is 1. The number of halogens is 10. The third-order valence-corrected chi connectivity index (χ3v) is 15.2. The van der Waals surface area contributed by atoms with Gasteiger partial charge in [-0.05, 0) is 113 Å². The van der Waals surface area contributed by atoms with Gasteiger partial charge in [-0.15, -0.1) is 0 Å². The van der Waals surface area contributed by atoms with Crippen LogP contribution in [0.4, 0.5) is 43.9 Å². The zero-order valence-electron chi connectivity index (χ0n) is 26.3. The van der Waals surface area contributed by atoms with Crippen molar-refractivity contribution in [2.75, 3.05) is 6.61 Å². The summed E-state index contributed by atoms with van der Waals surface area (Å²) in [6.45, 7) is -2.09. The first-order valence-electron chi connectivity index (χ1n) is 15.8. The molecule has 8 aliphatic carbocycles. The second-order valence-corrected chi connectivity index (χ2v) is 20.1. The molecule has 8 bridgehead atoms. The molecule has 296 valence electrons. The number of sulfonamides is 1. The summed E-state index contributed by atoms with van der Waals surface area (Å²) >= 11 is 0. The van der Waals surface area contributed by atoms with Crippen LogP contribution in [0, 0.1) is 40.9 Å². The summed E-state index contributed by atoms with van der Waals surface area (Å²) in [5, 5.41) is -18.2. The fourth-order valence-electron chi connectivity index (χ4n) is 10.1. The third kappa shape index (κ3) is 6.77. The summed E-state index contributed by atoms with van der Waals surface area (Å²) in [7, 11) is -19.6. The molecule has 0 spiro atoms. The smallest absolute Gasteiger partial charge is 0.443 e. The van der Waals surface area contributed by atoms with Gasteiger partial charge in [0.05, 0.1) is 5.41 Å². The SMILES string of the molecule is O=C(OCC(F)(C(F)(F)F)S(=O)(=O)O)C12CC3CC(CC(C3)C1)C2.O=S(=O)(O)C(F)(F)C(F)(F)C(F)(F)S(=O)(=O)NC12CC3CC(CC(C3)C1)C2. The van der Waals surface area contributed by atoms with Gasteiger partial charge in [0.25, 0.3) is 10.0 Å². The monoisotopic (exact) mass is 819 g/mol. The lowest BCUT2D eigenvalue weighted by Gasteiger charge is -2.56. The number of carbonyl (C=O) groups is 1. The minimum absolute atomic E-state index is 0.0207. The van der Waals surface area contributed by atoms with E-state index in [1.807, 2.05) is 0 Å². The Labute approximate surface area is 286 Å². The molecule has 0 amide bonds. The van der Waals surface area contributed by atoms with Crippen molar-refractivity contribution in [1.29, 1.82) is 0 Å². The minimum Gasteiger partial charge on any atom is -0.460 e. The van der Waals surface area contributed by atoms with Crippen LogP contribution in [-0.4, -0.2) is 80.1 Å². The lowest BCUT2D eigenvalue weighted by Crippen LogP contribution is -2.67. The van der Waals surface area contributed by atoms with E-state index in [1.165, 1.54) is 4.72 Å². The topological polar surface area (TPSA) is 181 Å². The summed E-state index contributed by atoms with van der Waals surface area (Å²) in [4.78, 5) is 12.4. The van der Waals surface area contributed by atoms with Gasteiger partial charge in [0.1, 0.15) is 0 Å². The van der Waals surface area contributed by atoms with Crippen LogP contribution in [0.25, 0.3) is 0 Å². The maximum Gasteiger partial charge on any atom is 0.443 e. The highest BCUT2D eigenvalue weighted by Crippen LogP contribution is 2.61. The summed E-state index contributed by atoms with van der Waals surface area (Å²) in [5.41, 5.74) is -2.39. The van der Waals surface area contributed by atoms with Gasteiger partial charge in [0, 0.05) is 5.54 Å². The molecule has 0 aromatic carbocycles. The van der Waals surface area contributed by atoms with Crippen LogP contribution >= 0.6 is 0 Å². The highest BCUT2D eigenvalue weighted by atomic mass is 32.2. The van der Waals surface area contributed by atoms with Crippen LogP contribution < -0.4 is 4.72 Å². The minimum atomic E-state index is -7.01. The number of ether oxygens (including phenoxy) is 1. The average molecular weight is 820 g/mol. The molecule has 0 saturated heterocycles. The Morgan fingerprint density at radius 2 is 0.961 bits per heavy atom. The maximum atomic E-state index is 14.0. The molecule has 0 radical (unpaired) electrons. The van der Waals surface area contributed by atoms with E-state index in [2.05, 4.69) is 4.74 Å². The second kappa shape index (κ2) is 12.3. The Hall–Kier alpha value is -1.50. The molecule has 24 heteroatoms. The van der Waals surface area contributed by atoms with Crippen LogP contribution in [-0.2, 0) is 39.8 Å². The lowest BCUT2D eigenvalue weighted by molar-refractivity contribution is -0.246. The maximum absolute atomic E-state index is 14.0. The standard InChI is InChI=1S/C14H18F4O5S.C13H17F6NO5S2/c15-13(14(16,17)18,24(20,21)22)7-23-11(19)12-4-8-1-9(5-12)3-10(2-8)6-12;14-11(15,13(18,19)27(23,24)25)12(16,17)26(21,22)20-10-4-7-1-8(5-10)3-9(2-7)6-10/h8-10H,1-7H2,(H,20,21,22);7-9,20H,1-6H2,(H,23,24,25). The molecule has 1 atom stereocenters. The van der Waals surface area contributed by atoms with Crippen molar-refractivity contribution in [2.45, 2.75) is 110 Å². The van der Waals surface area contributed by atoms with E-state index in [0.717, 1.165) is 38.5 Å². The lowest BCUT2D eigenvalue weighted by atomic mass is 9.49. The van der Waals surface area contributed by atoms with Crippen molar-refractivity contribution in [3.63, 3.8) is 0 Å². The van der Waals surface area contributed by atoms with Crippen LogP contribution in [0.15, 0.2) is 0 Å².